The van der Waals surface area contributed by atoms with Gasteiger partial charge in [-0.25, -0.2) is 0 Å². The molecule has 1 aromatic carbocycles. The van der Waals surface area contributed by atoms with Crippen molar-refractivity contribution in [3.05, 3.63) is 64.2 Å². The first-order valence-electron chi connectivity index (χ1n) is 10.3. The molecule has 29 heavy (non-hydrogen) atoms. The molecule has 0 bridgehead atoms. The molecule has 7 heteroatoms. The monoisotopic (exact) mass is 408 g/mol. The smallest absolute Gasteiger partial charge is 0.151 e. The molecule has 1 fully saturated rings. The molecule has 0 spiro atoms. The fraction of sp³-hybridized carbons (Fsp3) is 0.455. The standard InChI is InChI=1S/C22H25ClN6/c1-14-21(25-10-9-24-14)15-3-5-16(6-4-15)22-27-26-20-13-28(2)12-17-11-18(23)7-8-19(17)29(20)22/h7-11,15-16H,3-6,12-13H2,1-2H3/t15-,16-. The second-order valence-electron chi connectivity index (χ2n) is 8.33. The second kappa shape index (κ2) is 7.50. The van der Waals surface area contributed by atoms with Crippen LogP contribution >= 0.6 is 11.6 Å². The van der Waals surface area contributed by atoms with Crippen LogP contribution in [0.2, 0.25) is 5.02 Å². The predicted octanol–water partition coefficient (Wildman–Crippen LogP) is 4.41. The normalized spacial score (nSPS) is 22.0. The molecule has 1 aliphatic heterocycles. The molecule has 3 aromatic rings. The molecule has 1 saturated carbocycles. The van der Waals surface area contributed by atoms with Crippen molar-refractivity contribution in [2.24, 2.45) is 0 Å². The van der Waals surface area contributed by atoms with E-state index in [1.54, 1.807) is 6.20 Å². The Balaban J connectivity index is 1.45. The highest BCUT2D eigenvalue weighted by atomic mass is 35.5. The zero-order valence-corrected chi connectivity index (χ0v) is 17.6. The molecule has 150 valence electrons. The molecule has 1 aliphatic carbocycles. The van der Waals surface area contributed by atoms with Gasteiger partial charge in [0.05, 0.1) is 23.6 Å². The Morgan fingerprint density at radius 2 is 1.72 bits per heavy atom. The van der Waals surface area contributed by atoms with Crippen LogP contribution in [0.5, 0.6) is 0 Å². The van der Waals surface area contributed by atoms with Crippen molar-refractivity contribution < 1.29 is 0 Å². The van der Waals surface area contributed by atoms with E-state index in [1.807, 2.05) is 12.3 Å². The summed E-state index contributed by atoms with van der Waals surface area (Å²) in [5, 5.41) is 10.0. The van der Waals surface area contributed by atoms with Crippen molar-refractivity contribution in [2.75, 3.05) is 7.05 Å². The first kappa shape index (κ1) is 18.7. The number of aryl methyl sites for hydroxylation is 1. The first-order valence-corrected chi connectivity index (χ1v) is 10.7. The minimum absolute atomic E-state index is 0.413. The van der Waals surface area contributed by atoms with E-state index >= 15 is 0 Å². The van der Waals surface area contributed by atoms with E-state index in [2.05, 4.69) is 55.7 Å². The van der Waals surface area contributed by atoms with Crippen LogP contribution in [0, 0.1) is 6.92 Å². The van der Waals surface area contributed by atoms with Gasteiger partial charge in [0.15, 0.2) is 5.82 Å². The summed E-state index contributed by atoms with van der Waals surface area (Å²) >= 11 is 6.28. The van der Waals surface area contributed by atoms with E-state index in [0.717, 1.165) is 66.8 Å². The third-order valence-corrected chi connectivity index (χ3v) is 6.52. The lowest BCUT2D eigenvalue weighted by Gasteiger charge is -2.28. The molecule has 2 aromatic heterocycles. The number of aromatic nitrogens is 5. The van der Waals surface area contributed by atoms with Crippen molar-refractivity contribution in [2.45, 2.75) is 57.5 Å². The lowest BCUT2D eigenvalue weighted by molar-refractivity contribution is 0.315. The van der Waals surface area contributed by atoms with Crippen molar-refractivity contribution >= 4 is 11.6 Å². The molecule has 2 aliphatic rings. The Morgan fingerprint density at radius 1 is 0.966 bits per heavy atom. The summed E-state index contributed by atoms with van der Waals surface area (Å²) in [4.78, 5) is 11.3. The summed E-state index contributed by atoms with van der Waals surface area (Å²) < 4.78 is 2.29. The molecule has 6 nitrogen and oxygen atoms in total. The molecule has 0 N–H and O–H groups in total. The van der Waals surface area contributed by atoms with E-state index in [1.165, 1.54) is 11.3 Å². The van der Waals surface area contributed by atoms with E-state index in [0.29, 0.717) is 11.8 Å². The summed E-state index contributed by atoms with van der Waals surface area (Å²) in [6.45, 7) is 3.70. The SMILES string of the molecule is Cc1nccnc1[C@H]1CC[C@H](c2nnc3n2-c2ccc(Cl)cc2CN(C)C3)CC1. The van der Waals surface area contributed by atoms with E-state index in [4.69, 9.17) is 11.6 Å². The van der Waals surface area contributed by atoms with Crippen LogP contribution in [-0.2, 0) is 13.1 Å². The summed E-state index contributed by atoms with van der Waals surface area (Å²) in [7, 11) is 2.11. The lowest BCUT2D eigenvalue weighted by Crippen LogP contribution is -2.18. The fourth-order valence-electron chi connectivity index (χ4n) is 4.89. The number of halogens is 1. The van der Waals surface area contributed by atoms with Gasteiger partial charge in [0.25, 0.3) is 0 Å². The maximum Gasteiger partial charge on any atom is 0.151 e. The second-order valence-corrected chi connectivity index (χ2v) is 8.77. The van der Waals surface area contributed by atoms with Gasteiger partial charge in [-0.05, 0) is 63.4 Å². The summed E-state index contributed by atoms with van der Waals surface area (Å²) in [5.41, 5.74) is 4.61. The van der Waals surface area contributed by atoms with Gasteiger partial charge in [0, 0.05) is 35.8 Å². The molecule has 0 atom stereocenters. The highest BCUT2D eigenvalue weighted by molar-refractivity contribution is 6.30. The van der Waals surface area contributed by atoms with Gasteiger partial charge in [0.1, 0.15) is 5.82 Å². The van der Waals surface area contributed by atoms with Crippen LogP contribution in [0.15, 0.2) is 30.6 Å². The van der Waals surface area contributed by atoms with Gasteiger partial charge in [-0.1, -0.05) is 11.6 Å². The first-order chi connectivity index (χ1) is 14.1. The van der Waals surface area contributed by atoms with Gasteiger partial charge in [-0.15, -0.1) is 10.2 Å². The van der Waals surface area contributed by atoms with Gasteiger partial charge < -0.3 is 0 Å². The van der Waals surface area contributed by atoms with Gasteiger partial charge in [-0.2, -0.15) is 0 Å². The topological polar surface area (TPSA) is 59.7 Å². The van der Waals surface area contributed by atoms with Crippen molar-refractivity contribution in [3.63, 3.8) is 0 Å². The van der Waals surface area contributed by atoms with Gasteiger partial charge in [-0.3, -0.25) is 19.4 Å². The average molecular weight is 409 g/mol. The molecular formula is C22H25ClN6. The van der Waals surface area contributed by atoms with Crippen LogP contribution in [-0.4, -0.2) is 36.7 Å². The Labute approximate surface area is 176 Å². The summed E-state index contributed by atoms with van der Waals surface area (Å²) in [5.74, 6) is 3.00. The van der Waals surface area contributed by atoms with E-state index in [-0.39, 0.29) is 0 Å². The van der Waals surface area contributed by atoms with Crippen molar-refractivity contribution in [1.29, 1.82) is 0 Å². The fourth-order valence-corrected chi connectivity index (χ4v) is 5.09. The number of benzene rings is 1. The molecule has 0 radical (unpaired) electrons. The maximum absolute atomic E-state index is 6.28. The summed E-state index contributed by atoms with van der Waals surface area (Å²) in [6.07, 6.45) is 8.00. The minimum atomic E-state index is 0.413. The number of rotatable bonds is 2. The minimum Gasteiger partial charge on any atom is -0.295 e. The average Bonchev–Trinajstić information content (AvgIpc) is 3.06. The molecule has 3 heterocycles. The highest BCUT2D eigenvalue weighted by Gasteiger charge is 2.31. The number of fused-ring (bicyclic) bond motifs is 3. The molecule has 0 unspecified atom stereocenters. The zero-order chi connectivity index (χ0) is 20.0. The van der Waals surface area contributed by atoms with Crippen LogP contribution in [0.1, 0.15) is 66.1 Å². The molecule has 5 rings (SSSR count). The number of hydrogen-bond acceptors (Lipinski definition) is 5. The Morgan fingerprint density at radius 3 is 2.52 bits per heavy atom. The predicted molar refractivity (Wildman–Crippen MR) is 112 cm³/mol. The van der Waals surface area contributed by atoms with Crippen molar-refractivity contribution in [1.82, 2.24) is 29.6 Å². The van der Waals surface area contributed by atoms with Crippen LogP contribution in [0.4, 0.5) is 0 Å². The van der Waals surface area contributed by atoms with E-state index in [9.17, 15) is 0 Å². The maximum atomic E-state index is 6.28. The third kappa shape index (κ3) is 3.45. The van der Waals surface area contributed by atoms with Crippen LogP contribution < -0.4 is 0 Å². The van der Waals surface area contributed by atoms with E-state index < -0.39 is 0 Å². The Bertz CT molecular complexity index is 1040. The highest BCUT2D eigenvalue weighted by Crippen LogP contribution is 2.41. The molecule has 0 amide bonds. The Kier molecular flexibility index (Phi) is 4.84. The summed E-state index contributed by atoms with van der Waals surface area (Å²) in [6, 6.07) is 6.15. The largest absolute Gasteiger partial charge is 0.295 e. The number of hydrogen-bond donors (Lipinski definition) is 0. The van der Waals surface area contributed by atoms with Gasteiger partial charge >= 0.3 is 0 Å². The Hall–Kier alpha value is -2.31. The lowest BCUT2D eigenvalue weighted by atomic mass is 9.79. The third-order valence-electron chi connectivity index (χ3n) is 6.29. The number of nitrogens with zero attached hydrogens (tertiary/aromatic N) is 6. The van der Waals surface area contributed by atoms with Crippen molar-refractivity contribution in [3.8, 4) is 5.69 Å². The quantitative estimate of drug-likeness (QED) is 0.628. The van der Waals surface area contributed by atoms with Crippen LogP contribution in [0.3, 0.4) is 0 Å². The van der Waals surface area contributed by atoms with Gasteiger partial charge in [0.2, 0.25) is 0 Å². The van der Waals surface area contributed by atoms with Crippen LogP contribution in [0.25, 0.3) is 5.69 Å². The zero-order valence-electron chi connectivity index (χ0n) is 16.8. The molecule has 0 saturated heterocycles. The molecular weight excluding hydrogens is 384 g/mol.